The molecule has 1 N–H and O–H groups in total. The summed E-state index contributed by atoms with van der Waals surface area (Å²) in [7, 11) is 0. The molecule has 29 heavy (non-hydrogen) atoms. The molecule has 154 valence electrons. The summed E-state index contributed by atoms with van der Waals surface area (Å²) in [5.74, 6) is 1.44. The summed E-state index contributed by atoms with van der Waals surface area (Å²) >= 11 is 0. The average Bonchev–Trinajstić information content (AvgIpc) is 2.75. The van der Waals surface area contributed by atoms with Gasteiger partial charge in [-0.25, -0.2) is 4.98 Å². The highest BCUT2D eigenvalue weighted by atomic mass is 16.5. The molecule has 2 aliphatic rings. The number of aryl methyl sites for hydroxylation is 1. The highest BCUT2D eigenvalue weighted by Gasteiger charge is 2.28. The van der Waals surface area contributed by atoms with E-state index in [9.17, 15) is 4.79 Å². The summed E-state index contributed by atoms with van der Waals surface area (Å²) in [4.78, 5) is 19.7. The van der Waals surface area contributed by atoms with E-state index in [4.69, 9.17) is 9.47 Å². The number of amides is 1. The van der Waals surface area contributed by atoms with Crippen LogP contribution in [0.1, 0.15) is 48.5 Å². The van der Waals surface area contributed by atoms with E-state index in [1.165, 1.54) is 0 Å². The third kappa shape index (κ3) is 4.37. The molecule has 2 aromatic rings. The lowest BCUT2D eigenvalue weighted by Crippen LogP contribution is -2.39. The average molecular weight is 396 g/mol. The van der Waals surface area contributed by atoms with Crippen molar-refractivity contribution in [3.05, 3.63) is 47.7 Å². The van der Waals surface area contributed by atoms with E-state index in [2.05, 4.69) is 15.2 Å². The van der Waals surface area contributed by atoms with Crippen molar-refractivity contribution in [1.82, 2.24) is 10.3 Å². The number of carbonyl (C=O) groups excluding carboxylic acids is 1. The number of hydrogen-bond donors (Lipinski definition) is 1. The first-order chi connectivity index (χ1) is 14.2. The topological polar surface area (TPSA) is 63.7 Å². The Kier molecular flexibility index (Phi) is 6.00. The predicted molar refractivity (Wildman–Crippen MR) is 113 cm³/mol. The van der Waals surface area contributed by atoms with Crippen LogP contribution in [0.5, 0.6) is 5.75 Å². The van der Waals surface area contributed by atoms with Gasteiger partial charge < -0.3 is 19.7 Å². The zero-order chi connectivity index (χ0) is 20.2. The van der Waals surface area contributed by atoms with Gasteiger partial charge in [0, 0.05) is 18.8 Å². The van der Waals surface area contributed by atoms with Crippen LogP contribution in [0.4, 0.5) is 11.5 Å². The number of nitrogens with one attached hydrogen (secondary N) is 1. The summed E-state index contributed by atoms with van der Waals surface area (Å²) in [5, 5.41) is 3.20. The van der Waals surface area contributed by atoms with E-state index < -0.39 is 0 Å². The summed E-state index contributed by atoms with van der Waals surface area (Å²) in [5.41, 5.74) is 2.60. The Bertz CT molecular complexity index is 845. The molecule has 1 amide bonds. The minimum Gasteiger partial charge on any atom is -0.489 e. The molecule has 2 heterocycles. The minimum atomic E-state index is -0.0691. The van der Waals surface area contributed by atoms with E-state index in [0.717, 1.165) is 49.4 Å². The number of anilines is 2. The Morgan fingerprint density at radius 1 is 1.24 bits per heavy atom. The van der Waals surface area contributed by atoms with Crippen LogP contribution in [0, 0.1) is 6.92 Å². The normalized spacial score (nSPS) is 21.2. The Labute approximate surface area is 172 Å². The van der Waals surface area contributed by atoms with Crippen molar-refractivity contribution in [3.63, 3.8) is 0 Å². The van der Waals surface area contributed by atoms with Gasteiger partial charge in [0.1, 0.15) is 12.4 Å². The van der Waals surface area contributed by atoms with Crippen molar-refractivity contribution in [2.24, 2.45) is 0 Å². The fraction of sp³-hybridized carbons (Fsp3) is 0.478. The number of rotatable bonds is 5. The van der Waals surface area contributed by atoms with E-state index in [-0.39, 0.29) is 11.9 Å². The van der Waals surface area contributed by atoms with Crippen LogP contribution in [-0.4, -0.2) is 42.8 Å². The van der Waals surface area contributed by atoms with Gasteiger partial charge in [-0.15, -0.1) is 0 Å². The Morgan fingerprint density at radius 2 is 2.07 bits per heavy atom. The van der Waals surface area contributed by atoms with Crippen molar-refractivity contribution >= 4 is 17.4 Å². The number of hydrogen-bond acceptors (Lipinski definition) is 5. The molecule has 0 spiro atoms. The molecule has 1 fully saturated rings. The Hall–Kier alpha value is -2.60. The van der Waals surface area contributed by atoms with Gasteiger partial charge in [-0.2, -0.15) is 0 Å². The second-order valence-electron chi connectivity index (χ2n) is 7.75. The van der Waals surface area contributed by atoms with E-state index in [0.29, 0.717) is 30.6 Å². The summed E-state index contributed by atoms with van der Waals surface area (Å²) < 4.78 is 11.7. The summed E-state index contributed by atoms with van der Waals surface area (Å²) in [6.07, 6.45) is 6.08. The monoisotopic (exact) mass is 395 g/mol. The molecule has 6 heteroatoms. The molecule has 0 bridgehead atoms. The number of fused-ring (bicyclic) bond motifs is 1. The highest BCUT2D eigenvalue weighted by molar-refractivity contribution is 5.99. The van der Waals surface area contributed by atoms with Crippen molar-refractivity contribution in [3.8, 4) is 5.75 Å². The zero-order valence-corrected chi connectivity index (χ0v) is 17.2. The van der Waals surface area contributed by atoms with Crippen LogP contribution < -0.4 is 15.0 Å². The maximum Gasteiger partial charge on any atom is 0.255 e. The van der Waals surface area contributed by atoms with Crippen LogP contribution in [0.2, 0.25) is 0 Å². The molecular weight excluding hydrogens is 366 g/mol. The third-order valence-corrected chi connectivity index (χ3v) is 5.68. The number of pyridine rings is 1. The van der Waals surface area contributed by atoms with Gasteiger partial charge in [0.25, 0.3) is 5.91 Å². The molecule has 1 aliphatic heterocycles. The number of benzene rings is 1. The first kappa shape index (κ1) is 19.7. The van der Waals surface area contributed by atoms with Gasteiger partial charge in [0.15, 0.2) is 5.75 Å². The van der Waals surface area contributed by atoms with Crippen LogP contribution in [0.25, 0.3) is 0 Å². The van der Waals surface area contributed by atoms with Crippen molar-refractivity contribution in [2.75, 3.05) is 24.7 Å². The van der Waals surface area contributed by atoms with Crippen LogP contribution in [-0.2, 0) is 4.74 Å². The molecule has 1 aliphatic carbocycles. The highest BCUT2D eigenvalue weighted by Crippen LogP contribution is 2.38. The molecule has 1 aromatic heterocycles. The van der Waals surface area contributed by atoms with Crippen molar-refractivity contribution in [1.29, 1.82) is 0 Å². The van der Waals surface area contributed by atoms with Gasteiger partial charge in [-0.3, -0.25) is 4.79 Å². The number of para-hydroxylation sites is 1. The smallest absolute Gasteiger partial charge is 0.255 e. The largest absolute Gasteiger partial charge is 0.489 e. The van der Waals surface area contributed by atoms with E-state index in [1.807, 2.05) is 50.4 Å². The number of nitrogens with zero attached hydrogens (tertiary/aromatic N) is 2. The predicted octanol–water partition coefficient (Wildman–Crippen LogP) is 4.00. The molecule has 1 saturated carbocycles. The van der Waals surface area contributed by atoms with Gasteiger partial charge in [0.2, 0.25) is 0 Å². The van der Waals surface area contributed by atoms with Gasteiger partial charge >= 0.3 is 0 Å². The standard InChI is InChI=1S/C23H29N3O3/c1-3-28-18-10-8-17(9-11-18)25-23(27)19-5-4-6-20-22(19)29-14-13-26(20)21-12-7-16(2)15-24-21/h4-7,12,15,17-18H,3,8-11,13-14H2,1-2H3,(H,25,27). The third-order valence-electron chi connectivity index (χ3n) is 5.68. The first-order valence-corrected chi connectivity index (χ1v) is 10.5. The lowest BCUT2D eigenvalue weighted by molar-refractivity contribution is 0.0300. The lowest BCUT2D eigenvalue weighted by Gasteiger charge is -2.32. The van der Waals surface area contributed by atoms with Gasteiger partial charge in [-0.1, -0.05) is 12.1 Å². The van der Waals surface area contributed by atoms with Crippen LogP contribution >= 0.6 is 0 Å². The minimum absolute atomic E-state index is 0.0691. The summed E-state index contributed by atoms with van der Waals surface area (Å²) in [6.45, 7) is 6.03. The maximum absolute atomic E-state index is 13.0. The lowest BCUT2D eigenvalue weighted by atomic mass is 9.92. The maximum atomic E-state index is 13.0. The zero-order valence-electron chi connectivity index (χ0n) is 17.2. The number of carbonyl (C=O) groups is 1. The van der Waals surface area contributed by atoms with Gasteiger partial charge in [-0.05, 0) is 63.3 Å². The fourth-order valence-corrected chi connectivity index (χ4v) is 4.16. The second-order valence-corrected chi connectivity index (χ2v) is 7.75. The number of aromatic nitrogens is 1. The molecule has 0 atom stereocenters. The Morgan fingerprint density at radius 3 is 2.79 bits per heavy atom. The molecule has 0 saturated heterocycles. The fourth-order valence-electron chi connectivity index (χ4n) is 4.16. The van der Waals surface area contributed by atoms with Crippen LogP contribution in [0.3, 0.4) is 0 Å². The van der Waals surface area contributed by atoms with E-state index in [1.54, 1.807) is 0 Å². The summed E-state index contributed by atoms with van der Waals surface area (Å²) in [6, 6.07) is 9.98. The first-order valence-electron chi connectivity index (χ1n) is 10.5. The molecule has 0 unspecified atom stereocenters. The second kappa shape index (κ2) is 8.82. The molecule has 1 aromatic carbocycles. The molecule has 0 radical (unpaired) electrons. The quantitative estimate of drug-likeness (QED) is 0.829. The van der Waals surface area contributed by atoms with Crippen molar-refractivity contribution < 1.29 is 14.3 Å². The van der Waals surface area contributed by atoms with Crippen LogP contribution in [0.15, 0.2) is 36.5 Å². The number of ether oxygens (including phenoxy) is 2. The van der Waals surface area contributed by atoms with Gasteiger partial charge in [0.05, 0.1) is 23.9 Å². The van der Waals surface area contributed by atoms with E-state index >= 15 is 0 Å². The molecule has 6 nitrogen and oxygen atoms in total. The van der Waals surface area contributed by atoms with Crippen molar-refractivity contribution in [2.45, 2.75) is 51.7 Å². The molecular formula is C23H29N3O3. The SMILES string of the molecule is CCOC1CCC(NC(=O)c2cccc3c2OCCN3c2ccc(C)cn2)CC1. The molecule has 4 rings (SSSR count). The Balaban J connectivity index is 1.50.